The van der Waals surface area contributed by atoms with Crippen LogP contribution in [0.5, 0.6) is 17.2 Å². The first-order valence-electron chi connectivity index (χ1n) is 10.9. The van der Waals surface area contributed by atoms with Gasteiger partial charge in [-0.1, -0.05) is 12.8 Å². The van der Waals surface area contributed by atoms with E-state index in [1.54, 1.807) is 26.2 Å². The van der Waals surface area contributed by atoms with Crippen molar-refractivity contribution in [2.45, 2.75) is 39.0 Å². The number of methoxy groups -OCH3 is 3. The minimum atomic E-state index is -0.381. The molecule has 1 aromatic carbocycles. The molecule has 1 fully saturated rings. The van der Waals surface area contributed by atoms with Crippen LogP contribution in [0, 0.1) is 5.41 Å². The summed E-state index contributed by atoms with van der Waals surface area (Å²) in [4.78, 5) is 19.3. The summed E-state index contributed by atoms with van der Waals surface area (Å²) in [6.07, 6.45) is 4.63. The molecular formula is C23H38N4O4. The van der Waals surface area contributed by atoms with Crippen LogP contribution in [0.25, 0.3) is 0 Å². The van der Waals surface area contributed by atoms with Crippen molar-refractivity contribution < 1.29 is 19.0 Å². The van der Waals surface area contributed by atoms with Gasteiger partial charge in [0, 0.05) is 44.9 Å². The second kappa shape index (κ2) is 11.7. The quantitative estimate of drug-likeness (QED) is 0.435. The number of carbonyl (C=O) groups excluding carboxylic acids is 1. The monoisotopic (exact) mass is 434 g/mol. The standard InChI is InChI=1S/C23H38N4O4/c1-7-24-22(26-16-23(11-8-9-12-23)21(28)27(2)3)25-13-10-18-19(30-5)14-17(29-4)15-20(18)31-6/h14-15H,7-13,16H2,1-6H3,(H2,24,25,26). The molecule has 0 saturated heterocycles. The van der Waals surface area contributed by atoms with Gasteiger partial charge in [0.15, 0.2) is 5.96 Å². The zero-order valence-corrected chi connectivity index (χ0v) is 19.8. The van der Waals surface area contributed by atoms with Gasteiger partial charge in [0.05, 0.1) is 33.3 Å². The Balaban J connectivity index is 2.10. The van der Waals surface area contributed by atoms with E-state index in [0.29, 0.717) is 31.2 Å². The smallest absolute Gasteiger partial charge is 0.230 e. The number of hydrogen-bond acceptors (Lipinski definition) is 5. The molecule has 8 nitrogen and oxygen atoms in total. The number of rotatable bonds is 10. The van der Waals surface area contributed by atoms with Crippen molar-refractivity contribution in [2.24, 2.45) is 10.4 Å². The van der Waals surface area contributed by atoms with Gasteiger partial charge in [0.2, 0.25) is 5.91 Å². The minimum Gasteiger partial charge on any atom is -0.496 e. The first-order valence-corrected chi connectivity index (χ1v) is 10.9. The van der Waals surface area contributed by atoms with Crippen LogP contribution in [0.3, 0.4) is 0 Å². The maximum absolute atomic E-state index is 12.8. The fourth-order valence-electron chi connectivity index (χ4n) is 4.17. The third-order valence-corrected chi connectivity index (χ3v) is 5.79. The molecule has 1 aliphatic carbocycles. The van der Waals surface area contributed by atoms with E-state index < -0.39 is 0 Å². The van der Waals surface area contributed by atoms with E-state index in [2.05, 4.69) is 10.6 Å². The van der Waals surface area contributed by atoms with Crippen LogP contribution in [0.2, 0.25) is 0 Å². The van der Waals surface area contributed by atoms with Crippen LogP contribution in [0.1, 0.15) is 38.2 Å². The highest BCUT2D eigenvalue weighted by Crippen LogP contribution is 2.39. The Morgan fingerprint density at radius 1 is 1.06 bits per heavy atom. The molecule has 0 aliphatic heterocycles. The molecule has 0 bridgehead atoms. The molecule has 0 heterocycles. The number of amides is 1. The fraction of sp³-hybridized carbons (Fsp3) is 0.652. The zero-order valence-electron chi connectivity index (χ0n) is 19.8. The van der Waals surface area contributed by atoms with E-state index in [1.807, 2.05) is 33.2 Å². The number of nitrogens with one attached hydrogen (secondary N) is 2. The summed E-state index contributed by atoms with van der Waals surface area (Å²) >= 11 is 0. The van der Waals surface area contributed by atoms with Crippen LogP contribution < -0.4 is 24.8 Å². The highest BCUT2D eigenvalue weighted by molar-refractivity contribution is 5.84. The zero-order chi connectivity index (χ0) is 22.9. The summed E-state index contributed by atoms with van der Waals surface area (Å²) in [7, 11) is 8.54. The van der Waals surface area contributed by atoms with E-state index in [0.717, 1.165) is 49.3 Å². The van der Waals surface area contributed by atoms with E-state index in [-0.39, 0.29) is 11.3 Å². The summed E-state index contributed by atoms with van der Waals surface area (Å²) in [6.45, 7) is 3.91. The summed E-state index contributed by atoms with van der Waals surface area (Å²) < 4.78 is 16.4. The summed E-state index contributed by atoms with van der Waals surface area (Å²) in [5, 5.41) is 6.67. The highest BCUT2D eigenvalue weighted by atomic mass is 16.5. The van der Waals surface area contributed by atoms with Crippen LogP contribution >= 0.6 is 0 Å². The van der Waals surface area contributed by atoms with Gasteiger partial charge in [-0.2, -0.15) is 0 Å². The van der Waals surface area contributed by atoms with Gasteiger partial charge in [-0.05, 0) is 26.2 Å². The lowest BCUT2D eigenvalue weighted by molar-refractivity contribution is -0.138. The SMILES string of the molecule is CCNC(=NCC1(C(=O)N(C)C)CCCC1)NCCc1c(OC)cc(OC)cc1OC. The number of guanidine groups is 1. The molecule has 0 radical (unpaired) electrons. The molecule has 1 amide bonds. The number of benzene rings is 1. The van der Waals surface area contributed by atoms with E-state index in [1.165, 1.54) is 0 Å². The lowest BCUT2D eigenvalue weighted by Crippen LogP contribution is -2.43. The maximum Gasteiger partial charge on any atom is 0.230 e. The van der Waals surface area contributed by atoms with E-state index >= 15 is 0 Å². The van der Waals surface area contributed by atoms with Crippen LogP contribution in [0.15, 0.2) is 17.1 Å². The predicted octanol–water partition coefficient (Wildman–Crippen LogP) is 2.46. The molecular weight excluding hydrogens is 396 g/mol. The second-order valence-corrected chi connectivity index (χ2v) is 8.07. The second-order valence-electron chi connectivity index (χ2n) is 8.07. The average molecular weight is 435 g/mol. The van der Waals surface area contributed by atoms with Crippen molar-refractivity contribution in [1.29, 1.82) is 0 Å². The van der Waals surface area contributed by atoms with Gasteiger partial charge in [0.25, 0.3) is 0 Å². The van der Waals surface area contributed by atoms with Crippen LogP contribution in [-0.4, -0.2) is 71.8 Å². The Bertz CT molecular complexity index is 733. The highest BCUT2D eigenvalue weighted by Gasteiger charge is 2.42. The summed E-state index contributed by atoms with van der Waals surface area (Å²) in [6, 6.07) is 3.71. The number of carbonyl (C=O) groups is 1. The number of hydrogen-bond donors (Lipinski definition) is 2. The van der Waals surface area contributed by atoms with Crippen molar-refractivity contribution in [3.05, 3.63) is 17.7 Å². The van der Waals surface area contributed by atoms with Crippen LogP contribution in [-0.2, 0) is 11.2 Å². The van der Waals surface area contributed by atoms with Crippen LogP contribution in [0.4, 0.5) is 0 Å². The largest absolute Gasteiger partial charge is 0.496 e. The molecule has 1 aromatic rings. The lowest BCUT2D eigenvalue weighted by atomic mass is 9.85. The van der Waals surface area contributed by atoms with Gasteiger partial charge < -0.3 is 29.7 Å². The van der Waals surface area contributed by atoms with Gasteiger partial charge in [-0.3, -0.25) is 9.79 Å². The maximum atomic E-state index is 12.8. The molecule has 0 aromatic heterocycles. The average Bonchev–Trinajstić information content (AvgIpc) is 3.26. The first kappa shape index (κ1) is 24.6. The van der Waals surface area contributed by atoms with Crippen molar-refractivity contribution >= 4 is 11.9 Å². The normalized spacial score (nSPS) is 15.4. The van der Waals surface area contributed by atoms with E-state index in [4.69, 9.17) is 19.2 Å². The summed E-state index contributed by atoms with van der Waals surface area (Å²) in [5.74, 6) is 3.03. The van der Waals surface area contributed by atoms with Gasteiger partial charge >= 0.3 is 0 Å². The van der Waals surface area contributed by atoms with Crippen molar-refractivity contribution in [3.8, 4) is 17.2 Å². The molecule has 1 aliphatic rings. The Morgan fingerprint density at radius 3 is 2.16 bits per heavy atom. The molecule has 1 saturated carbocycles. The Hall–Kier alpha value is -2.64. The fourth-order valence-corrected chi connectivity index (χ4v) is 4.17. The molecule has 2 N–H and O–H groups in total. The van der Waals surface area contributed by atoms with Crippen molar-refractivity contribution in [2.75, 3.05) is 55.1 Å². The first-order chi connectivity index (χ1) is 14.9. The minimum absolute atomic E-state index is 0.178. The Morgan fingerprint density at radius 2 is 1.68 bits per heavy atom. The van der Waals surface area contributed by atoms with Gasteiger partial charge in [-0.15, -0.1) is 0 Å². The number of aliphatic imine (C=N–C) groups is 1. The number of nitrogens with zero attached hydrogens (tertiary/aromatic N) is 2. The van der Waals surface area contributed by atoms with Crippen molar-refractivity contribution in [3.63, 3.8) is 0 Å². The van der Waals surface area contributed by atoms with Gasteiger partial charge in [-0.25, -0.2) is 0 Å². The van der Waals surface area contributed by atoms with Gasteiger partial charge in [0.1, 0.15) is 17.2 Å². The third-order valence-electron chi connectivity index (χ3n) is 5.79. The molecule has 0 atom stereocenters. The Labute approximate surface area is 186 Å². The topological polar surface area (TPSA) is 84.4 Å². The molecule has 8 heteroatoms. The molecule has 174 valence electrons. The van der Waals surface area contributed by atoms with Crippen molar-refractivity contribution in [1.82, 2.24) is 15.5 Å². The third kappa shape index (κ3) is 6.18. The lowest BCUT2D eigenvalue weighted by Gasteiger charge is -2.29. The van der Waals surface area contributed by atoms with E-state index in [9.17, 15) is 4.79 Å². The number of ether oxygens (including phenoxy) is 3. The molecule has 2 rings (SSSR count). The summed E-state index contributed by atoms with van der Waals surface area (Å²) in [5.41, 5.74) is 0.582. The molecule has 31 heavy (non-hydrogen) atoms. The predicted molar refractivity (Wildman–Crippen MR) is 123 cm³/mol. The molecule has 0 spiro atoms. The Kier molecular flexibility index (Phi) is 9.27. The molecule has 0 unspecified atom stereocenters.